The van der Waals surface area contributed by atoms with E-state index in [9.17, 15) is 4.79 Å². The second kappa shape index (κ2) is 2.65. The maximum Gasteiger partial charge on any atom is 0.508 e. The lowest BCUT2D eigenvalue weighted by atomic mass is 10.4. The maximum atomic E-state index is 10.2. The van der Waals surface area contributed by atoms with Crippen molar-refractivity contribution < 1.29 is 19.1 Å². The van der Waals surface area contributed by atoms with Crippen molar-refractivity contribution in [1.82, 2.24) is 0 Å². The number of rotatable bonds is 2. The smallest absolute Gasteiger partial charge is 0.430 e. The van der Waals surface area contributed by atoms with Crippen molar-refractivity contribution in [1.29, 1.82) is 0 Å². The van der Waals surface area contributed by atoms with Gasteiger partial charge in [0.1, 0.15) is 13.2 Å². The molecule has 0 aromatic carbocycles. The third-order valence-corrected chi connectivity index (χ3v) is 0.932. The largest absolute Gasteiger partial charge is 0.508 e. The summed E-state index contributed by atoms with van der Waals surface area (Å²) in [5, 5.41) is 0. The molecular formula is C4H7NO4. The summed E-state index contributed by atoms with van der Waals surface area (Å²) in [6.07, 6.45) is -0.987. The van der Waals surface area contributed by atoms with Crippen molar-refractivity contribution >= 4 is 6.16 Å². The standard InChI is InChI=1S/C4H7NO4/c5-8-2-3-1-7-4(6)9-3/h3H,1-2,5H2. The summed E-state index contributed by atoms with van der Waals surface area (Å²) < 4.78 is 8.96. The van der Waals surface area contributed by atoms with E-state index in [-0.39, 0.29) is 19.3 Å². The Balaban J connectivity index is 2.22. The zero-order valence-electron chi connectivity index (χ0n) is 4.70. The maximum absolute atomic E-state index is 10.2. The van der Waals surface area contributed by atoms with E-state index < -0.39 is 6.16 Å². The van der Waals surface area contributed by atoms with Crippen LogP contribution in [0, 0.1) is 0 Å². The van der Waals surface area contributed by atoms with Gasteiger partial charge in [-0.15, -0.1) is 0 Å². The number of cyclic esters (lactones) is 2. The average Bonchev–Trinajstić information content (AvgIpc) is 2.17. The van der Waals surface area contributed by atoms with E-state index in [2.05, 4.69) is 14.3 Å². The van der Waals surface area contributed by atoms with Gasteiger partial charge in [-0.05, 0) is 0 Å². The van der Waals surface area contributed by atoms with E-state index in [0.29, 0.717) is 0 Å². The van der Waals surface area contributed by atoms with Gasteiger partial charge in [-0.25, -0.2) is 10.7 Å². The molecule has 1 aliphatic rings. The van der Waals surface area contributed by atoms with Crippen molar-refractivity contribution in [3.8, 4) is 0 Å². The lowest BCUT2D eigenvalue weighted by molar-refractivity contribution is 0.0460. The van der Waals surface area contributed by atoms with Crippen LogP contribution >= 0.6 is 0 Å². The van der Waals surface area contributed by atoms with Crippen LogP contribution in [-0.4, -0.2) is 25.5 Å². The summed E-state index contributed by atoms with van der Waals surface area (Å²) in [4.78, 5) is 14.4. The van der Waals surface area contributed by atoms with Crippen molar-refractivity contribution in [3.63, 3.8) is 0 Å². The molecule has 1 saturated heterocycles. The monoisotopic (exact) mass is 133 g/mol. The normalized spacial score (nSPS) is 25.4. The van der Waals surface area contributed by atoms with Gasteiger partial charge in [-0.2, -0.15) is 0 Å². The van der Waals surface area contributed by atoms with E-state index in [1.54, 1.807) is 0 Å². The zero-order chi connectivity index (χ0) is 6.69. The highest BCUT2D eigenvalue weighted by Crippen LogP contribution is 2.04. The topological polar surface area (TPSA) is 70.8 Å². The molecule has 1 fully saturated rings. The van der Waals surface area contributed by atoms with E-state index >= 15 is 0 Å². The van der Waals surface area contributed by atoms with Crippen LogP contribution in [0.25, 0.3) is 0 Å². The van der Waals surface area contributed by atoms with Crippen LogP contribution in [0.4, 0.5) is 4.79 Å². The number of hydrogen-bond donors (Lipinski definition) is 1. The lowest BCUT2D eigenvalue weighted by Gasteiger charge is -2.00. The first kappa shape index (κ1) is 6.31. The van der Waals surface area contributed by atoms with Gasteiger partial charge < -0.3 is 14.3 Å². The number of ether oxygens (including phenoxy) is 2. The molecule has 1 aliphatic heterocycles. The molecule has 1 unspecified atom stereocenters. The second-order valence-corrected chi connectivity index (χ2v) is 1.63. The van der Waals surface area contributed by atoms with Crippen molar-refractivity contribution in [2.45, 2.75) is 6.10 Å². The highest BCUT2D eigenvalue weighted by Gasteiger charge is 2.24. The predicted molar refractivity (Wildman–Crippen MR) is 26.4 cm³/mol. The fraction of sp³-hybridized carbons (Fsp3) is 0.750. The van der Waals surface area contributed by atoms with E-state index in [4.69, 9.17) is 5.90 Å². The first-order valence-corrected chi connectivity index (χ1v) is 2.48. The number of carbonyl (C=O) groups is 1. The highest BCUT2D eigenvalue weighted by molar-refractivity contribution is 5.61. The molecule has 0 radical (unpaired) electrons. The Hall–Kier alpha value is -0.810. The molecule has 9 heavy (non-hydrogen) atoms. The SMILES string of the molecule is NOCC1COC(=O)O1. The Morgan fingerprint density at radius 2 is 2.67 bits per heavy atom. The Kier molecular flexibility index (Phi) is 1.86. The van der Waals surface area contributed by atoms with Crippen LogP contribution in [0.15, 0.2) is 0 Å². The molecule has 1 rings (SSSR count). The van der Waals surface area contributed by atoms with Gasteiger partial charge in [-0.3, -0.25) is 0 Å². The lowest BCUT2D eigenvalue weighted by Crippen LogP contribution is -2.20. The Bertz CT molecular complexity index is 115. The first-order chi connectivity index (χ1) is 4.33. The second-order valence-electron chi connectivity index (χ2n) is 1.63. The molecule has 0 aromatic heterocycles. The van der Waals surface area contributed by atoms with Crippen LogP contribution in [0.1, 0.15) is 0 Å². The van der Waals surface area contributed by atoms with Crippen LogP contribution in [-0.2, 0) is 14.3 Å². The third kappa shape index (κ3) is 1.55. The fourth-order valence-corrected chi connectivity index (χ4v) is 0.555. The van der Waals surface area contributed by atoms with Crippen molar-refractivity contribution in [3.05, 3.63) is 0 Å². The molecule has 0 aliphatic carbocycles. The van der Waals surface area contributed by atoms with Gasteiger partial charge in [0, 0.05) is 0 Å². The number of nitrogens with two attached hydrogens (primary N) is 1. The summed E-state index contributed by atoms with van der Waals surface area (Å²) >= 11 is 0. The van der Waals surface area contributed by atoms with E-state index in [1.807, 2.05) is 0 Å². The minimum Gasteiger partial charge on any atom is -0.430 e. The summed E-state index contributed by atoms with van der Waals surface area (Å²) in [6, 6.07) is 0. The first-order valence-electron chi connectivity index (χ1n) is 2.48. The molecule has 52 valence electrons. The third-order valence-electron chi connectivity index (χ3n) is 0.932. The van der Waals surface area contributed by atoms with Gasteiger partial charge in [0.2, 0.25) is 0 Å². The quantitative estimate of drug-likeness (QED) is 0.402. The molecule has 0 amide bonds. The molecule has 0 bridgehead atoms. The Labute approximate surface area is 51.6 Å². The molecule has 5 heteroatoms. The fourth-order valence-electron chi connectivity index (χ4n) is 0.555. The molecule has 1 atom stereocenters. The Morgan fingerprint density at radius 1 is 1.89 bits per heavy atom. The molecule has 0 aromatic rings. The molecule has 2 N–H and O–H groups in total. The van der Waals surface area contributed by atoms with Crippen LogP contribution in [0.2, 0.25) is 0 Å². The van der Waals surface area contributed by atoms with Crippen molar-refractivity contribution in [2.75, 3.05) is 13.2 Å². The van der Waals surface area contributed by atoms with E-state index in [1.165, 1.54) is 0 Å². The number of carbonyl (C=O) groups excluding carboxylic acids is 1. The summed E-state index contributed by atoms with van der Waals surface area (Å²) in [6.45, 7) is 0.418. The van der Waals surface area contributed by atoms with Gasteiger partial charge in [0.05, 0.1) is 0 Å². The van der Waals surface area contributed by atoms with Gasteiger partial charge in [0.15, 0.2) is 6.10 Å². The Morgan fingerprint density at radius 3 is 3.11 bits per heavy atom. The molecule has 0 spiro atoms. The molecule has 1 heterocycles. The van der Waals surface area contributed by atoms with Gasteiger partial charge in [-0.1, -0.05) is 0 Å². The molecule has 0 saturated carbocycles. The summed E-state index contributed by atoms with van der Waals surface area (Å²) in [5.74, 6) is 4.71. The summed E-state index contributed by atoms with van der Waals surface area (Å²) in [7, 11) is 0. The summed E-state index contributed by atoms with van der Waals surface area (Å²) in [5.41, 5.74) is 0. The zero-order valence-corrected chi connectivity index (χ0v) is 4.70. The molecular weight excluding hydrogens is 126 g/mol. The molecule has 5 nitrogen and oxygen atoms in total. The minimum absolute atomic E-state index is 0.186. The van der Waals surface area contributed by atoms with Gasteiger partial charge in [0.25, 0.3) is 0 Å². The highest BCUT2D eigenvalue weighted by atomic mass is 16.8. The number of hydrogen-bond acceptors (Lipinski definition) is 5. The predicted octanol–water partition coefficient (Wildman–Crippen LogP) is -0.588. The average molecular weight is 133 g/mol. The van der Waals surface area contributed by atoms with Crippen LogP contribution < -0.4 is 5.90 Å². The minimum atomic E-state index is -0.656. The van der Waals surface area contributed by atoms with Crippen LogP contribution in [0.5, 0.6) is 0 Å². The van der Waals surface area contributed by atoms with Crippen molar-refractivity contribution in [2.24, 2.45) is 5.90 Å². The van der Waals surface area contributed by atoms with Crippen LogP contribution in [0.3, 0.4) is 0 Å². The van der Waals surface area contributed by atoms with E-state index in [0.717, 1.165) is 0 Å². The van der Waals surface area contributed by atoms with Gasteiger partial charge >= 0.3 is 6.16 Å².